The van der Waals surface area contributed by atoms with Gasteiger partial charge in [-0.25, -0.2) is 9.67 Å². The summed E-state index contributed by atoms with van der Waals surface area (Å²) in [5.74, 6) is 0.311. The Morgan fingerprint density at radius 1 is 1.23 bits per heavy atom. The van der Waals surface area contributed by atoms with Crippen LogP contribution in [0.4, 0.5) is 5.95 Å². The second kappa shape index (κ2) is 6.10. The zero-order valence-electron chi connectivity index (χ0n) is 13.3. The van der Waals surface area contributed by atoms with Gasteiger partial charge in [-0.1, -0.05) is 17.3 Å². The molecule has 0 unspecified atom stereocenters. The number of hydrogen-bond acceptors (Lipinski definition) is 8. The average molecular weight is 345 g/mol. The van der Waals surface area contributed by atoms with Crippen LogP contribution in [0.5, 0.6) is 0 Å². The second-order valence-electron chi connectivity index (χ2n) is 5.44. The van der Waals surface area contributed by atoms with E-state index in [9.17, 15) is 4.79 Å². The summed E-state index contributed by atoms with van der Waals surface area (Å²) in [6, 6.07) is 11.8. The molecule has 26 heavy (non-hydrogen) atoms. The number of anilines is 1. The molecule has 0 radical (unpaired) electrons. The summed E-state index contributed by atoms with van der Waals surface area (Å²) < 4.78 is 6.71. The molecule has 9 heteroatoms. The summed E-state index contributed by atoms with van der Waals surface area (Å²) in [6.07, 6.45) is 1.51. The van der Waals surface area contributed by atoms with Crippen molar-refractivity contribution in [2.75, 3.05) is 5.73 Å². The molecule has 9 nitrogen and oxygen atoms in total. The molecule has 2 N–H and O–H groups in total. The molecule has 4 aromatic rings. The lowest BCUT2D eigenvalue weighted by atomic mass is 10.1. The van der Waals surface area contributed by atoms with Gasteiger partial charge in [0, 0.05) is 5.56 Å². The topological polar surface area (TPSA) is 137 Å². The monoisotopic (exact) mass is 345 g/mol. The van der Waals surface area contributed by atoms with Crippen LogP contribution in [0.1, 0.15) is 15.9 Å². The summed E-state index contributed by atoms with van der Waals surface area (Å²) in [4.78, 5) is 20.8. The number of carbonyl (C=O) groups excluding carboxylic acids is 1. The van der Waals surface area contributed by atoms with Crippen LogP contribution in [-0.2, 0) is 6.54 Å². The predicted molar refractivity (Wildman–Crippen MR) is 90.7 cm³/mol. The molecule has 0 amide bonds. The van der Waals surface area contributed by atoms with Gasteiger partial charge in [0.2, 0.25) is 5.95 Å². The first kappa shape index (κ1) is 15.5. The number of rotatable bonds is 4. The van der Waals surface area contributed by atoms with Crippen LogP contribution in [0.3, 0.4) is 0 Å². The van der Waals surface area contributed by atoms with E-state index in [-0.39, 0.29) is 18.3 Å². The van der Waals surface area contributed by atoms with Crippen LogP contribution in [0.25, 0.3) is 22.6 Å². The molecule has 0 atom stereocenters. The first-order valence-electron chi connectivity index (χ1n) is 7.59. The third kappa shape index (κ3) is 2.65. The van der Waals surface area contributed by atoms with Crippen molar-refractivity contribution in [1.82, 2.24) is 25.0 Å². The van der Waals surface area contributed by atoms with E-state index in [1.165, 1.54) is 10.9 Å². The summed E-state index contributed by atoms with van der Waals surface area (Å²) in [7, 11) is 0. The minimum atomic E-state index is -0.196. The lowest BCUT2D eigenvalue weighted by Gasteiger charge is -2.03. The third-order valence-electron chi connectivity index (χ3n) is 3.76. The molecular weight excluding hydrogens is 334 g/mol. The number of nitriles is 1. The molecule has 4 rings (SSSR count). The predicted octanol–water partition coefficient (Wildman–Crippen LogP) is 1.82. The fraction of sp³-hybridized carbons (Fsp3) is 0.0588. The van der Waals surface area contributed by atoms with Gasteiger partial charge in [0.05, 0.1) is 17.9 Å². The van der Waals surface area contributed by atoms with Gasteiger partial charge in [0.1, 0.15) is 12.2 Å². The Morgan fingerprint density at radius 3 is 2.73 bits per heavy atom. The minimum Gasteiger partial charge on any atom is -0.463 e. The van der Waals surface area contributed by atoms with Gasteiger partial charge in [0.15, 0.2) is 22.7 Å². The largest absolute Gasteiger partial charge is 0.463 e. The first-order valence-corrected chi connectivity index (χ1v) is 7.59. The molecule has 0 spiro atoms. The Labute approximate surface area is 146 Å². The number of nitrogens with zero attached hydrogens (tertiary/aromatic N) is 6. The number of ketones is 1. The Bertz CT molecular complexity index is 1140. The van der Waals surface area contributed by atoms with Gasteiger partial charge in [0.25, 0.3) is 0 Å². The van der Waals surface area contributed by atoms with Crippen molar-refractivity contribution in [3.63, 3.8) is 0 Å². The lowest BCUT2D eigenvalue weighted by molar-refractivity contribution is 0.0968. The smallest absolute Gasteiger partial charge is 0.222 e. The van der Waals surface area contributed by atoms with Crippen LogP contribution in [-0.4, -0.2) is 30.7 Å². The molecular formula is C17H11N7O2. The van der Waals surface area contributed by atoms with E-state index in [0.717, 1.165) is 0 Å². The summed E-state index contributed by atoms with van der Waals surface area (Å²) in [6.45, 7) is -0.0730. The number of benzene rings is 1. The maximum atomic E-state index is 12.5. The number of nitrogen functional groups attached to an aromatic ring is 1. The van der Waals surface area contributed by atoms with Gasteiger partial charge in [-0.2, -0.15) is 10.2 Å². The van der Waals surface area contributed by atoms with E-state index in [4.69, 9.17) is 15.4 Å². The number of hydrogen-bond donors (Lipinski definition) is 1. The van der Waals surface area contributed by atoms with Gasteiger partial charge in [-0.05, 0) is 24.3 Å². The summed E-state index contributed by atoms with van der Waals surface area (Å²) >= 11 is 0. The molecule has 0 aliphatic carbocycles. The van der Waals surface area contributed by atoms with Gasteiger partial charge >= 0.3 is 0 Å². The van der Waals surface area contributed by atoms with Crippen LogP contribution in [0.15, 0.2) is 47.1 Å². The van der Waals surface area contributed by atoms with E-state index in [1.54, 1.807) is 36.4 Å². The fourth-order valence-corrected chi connectivity index (χ4v) is 2.52. The molecule has 0 saturated heterocycles. The van der Waals surface area contributed by atoms with Crippen LogP contribution >= 0.6 is 0 Å². The zero-order valence-corrected chi connectivity index (χ0v) is 13.3. The van der Waals surface area contributed by atoms with Crippen molar-refractivity contribution in [3.8, 4) is 17.5 Å². The van der Waals surface area contributed by atoms with Crippen LogP contribution in [0.2, 0.25) is 0 Å². The normalized spacial score (nSPS) is 10.7. The Hall–Kier alpha value is -4.06. The van der Waals surface area contributed by atoms with E-state index in [0.29, 0.717) is 33.7 Å². The number of aromatic nitrogens is 5. The maximum absolute atomic E-state index is 12.5. The molecule has 0 bridgehead atoms. The Morgan fingerprint density at radius 2 is 2.04 bits per heavy atom. The van der Waals surface area contributed by atoms with Crippen LogP contribution < -0.4 is 5.73 Å². The van der Waals surface area contributed by atoms with E-state index in [2.05, 4.69) is 20.3 Å². The van der Waals surface area contributed by atoms with Crippen molar-refractivity contribution in [2.24, 2.45) is 0 Å². The summed E-state index contributed by atoms with van der Waals surface area (Å²) in [5, 5.41) is 16.9. The van der Waals surface area contributed by atoms with Gasteiger partial charge < -0.3 is 10.2 Å². The van der Waals surface area contributed by atoms with Crippen molar-refractivity contribution >= 4 is 22.9 Å². The summed E-state index contributed by atoms with van der Waals surface area (Å²) in [5.41, 5.74) is 7.87. The van der Waals surface area contributed by atoms with Crippen molar-refractivity contribution < 1.29 is 9.21 Å². The van der Waals surface area contributed by atoms with Crippen molar-refractivity contribution in [2.45, 2.75) is 6.54 Å². The van der Waals surface area contributed by atoms with Crippen LogP contribution in [0, 0.1) is 11.3 Å². The standard InChI is InChI=1S/C17H11N7O2/c18-8-10-3-5-11(6-4-10)12(25)9-24-16-15(22-23-24)14(20-17(19)21-16)13-2-1-7-26-13/h1-7H,9H2,(H2,19,20,21). The highest BCUT2D eigenvalue weighted by atomic mass is 16.3. The molecule has 0 saturated carbocycles. The molecule has 126 valence electrons. The number of furan rings is 1. The van der Waals surface area contributed by atoms with Crippen molar-refractivity contribution in [1.29, 1.82) is 5.26 Å². The molecule has 1 aromatic carbocycles. The van der Waals surface area contributed by atoms with E-state index < -0.39 is 0 Å². The highest BCUT2D eigenvalue weighted by Gasteiger charge is 2.18. The highest BCUT2D eigenvalue weighted by molar-refractivity contribution is 5.96. The first-order chi connectivity index (χ1) is 12.7. The quantitative estimate of drug-likeness (QED) is 0.553. The Kier molecular flexibility index (Phi) is 3.63. The van der Waals surface area contributed by atoms with E-state index >= 15 is 0 Å². The number of Topliss-reactive ketones (excluding diaryl/α,β-unsaturated/α-hetero) is 1. The number of nitrogens with two attached hydrogens (primary N) is 1. The average Bonchev–Trinajstić information content (AvgIpc) is 3.32. The minimum absolute atomic E-state index is 0.0262. The SMILES string of the molecule is N#Cc1ccc(C(=O)Cn2nnc3c(-c4ccco4)nc(N)nc32)cc1. The highest BCUT2D eigenvalue weighted by Crippen LogP contribution is 2.25. The lowest BCUT2D eigenvalue weighted by Crippen LogP contribution is -2.13. The third-order valence-corrected chi connectivity index (χ3v) is 3.76. The molecule has 0 aliphatic rings. The van der Waals surface area contributed by atoms with Gasteiger partial charge in [-0.3, -0.25) is 4.79 Å². The number of carbonyl (C=O) groups is 1. The number of fused-ring (bicyclic) bond motifs is 1. The maximum Gasteiger partial charge on any atom is 0.222 e. The molecule has 3 heterocycles. The zero-order chi connectivity index (χ0) is 18.1. The molecule has 3 aromatic heterocycles. The Balaban J connectivity index is 1.71. The van der Waals surface area contributed by atoms with Crippen molar-refractivity contribution in [3.05, 3.63) is 53.8 Å². The van der Waals surface area contributed by atoms with E-state index in [1.807, 2.05) is 6.07 Å². The fourth-order valence-electron chi connectivity index (χ4n) is 2.52. The van der Waals surface area contributed by atoms with Gasteiger partial charge in [-0.15, -0.1) is 5.10 Å². The molecule has 0 fully saturated rings. The second-order valence-corrected chi connectivity index (χ2v) is 5.44. The molecule has 0 aliphatic heterocycles.